The monoisotopic (exact) mass is 294 g/mol. The first-order valence-electron chi connectivity index (χ1n) is 6.70. The molecule has 3 heteroatoms. The number of benzene rings is 2. The molecule has 3 rings (SSSR count). The second-order valence-electron chi connectivity index (χ2n) is 5.07. The zero-order chi connectivity index (χ0) is 15.0. The van der Waals surface area contributed by atoms with Gasteiger partial charge in [0, 0.05) is 10.4 Å². The molecular weight excluding hydrogens is 280 g/mol. The van der Waals surface area contributed by atoms with Gasteiger partial charge in [0.1, 0.15) is 0 Å². The molecular formula is C18H14O2S. The summed E-state index contributed by atoms with van der Waals surface area (Å²) in [6, 6.07) is 13.9. The summed E-state index contributed by atoms with van der Waals surface area (Å²) in [5.74, 6) is 0.0888. The number of aldehydes is 1. The molecule has 104 valence electrons. The van der Waals surface area contributed by atoms with Crippen LogP contribution in [0.4, 0.5) is 0 Å². The minimum atomic E-state index is 0.0888. The lowest BCUT2D eigenvalue weighted by Gasteiger charge is -2.06. The van der Waals surface area contributed by atoms with Crippen LogP contribution in [0.1, 0.15) is 32.5 Å². The van der Waals surface area contributed by atoms with Crippen molar-refractivity contribution in [1.82, 2.24) is 0 Å². The topological polar surface area (TPSA) is 34.1 Å². The highest BCUT2D eigenvalue weighted by molar-refractivity contribution is 7.17. The molecule has 0 radical (unpaired) electrons. The maximum atomic E-state index is 11.4. The number of rotatable bonds is 3. The highest BCUT2D eigenvalue weighted by Gasteiger charge is 2.09. The first-order valence-corrected chi connectivity index (χ1v) is 7.51. The van der Waals surface area contributed by atoms with Crippen LogP contribution in [0.2, 0.25) is 0 Å². The molecule has 0 saturated heterocycles. The number of thiophene rings is 1. The third-order valence-corrected chi connectivity index (χ3v) is 4.87. The van der Waals surface area contributed by atoms with Gasteiger partial charge in [-0.2, -0.15) is 0 Å². The lowest BCUT2D eigenvalue weighted by atomic mass is 9.98. The zero-order valence-corrected chi connectivity index (χ0v) is 12.7. The Morgan fingerprint density at radius 1 is 1.10 bits per heavy atom. The van der Waals surface area contributed by atoms with Crippen molar-refractivity contribution >= 4 is 34.2 Å². The second-order valence-corrected chi connectivity index (χ2v) is 6.15. The number of aryl methyl sites for hydroxylation is 1. The van der Waals surface area contributed by atoms with Crippen molar-refractivity contribution in [3.8, 4) is 10.4 Å². The van der Waals surface area contributed by atoms with E-state index in [4.69, 9.17) is 0 Å². The summed E-state index contributed by atoms with van der Waals surface area (Å²) in [6.45, 7) is 3.52. The Bertz CT molecular complexity index is 859. The number of fused-ring (bicyclic) bond motifs is 1. The number of Topliss-reactive ketones (excluding diaryl/α,β-unsaturated/α-hetero) is 1. The molecule has 0 spiro atoms. The maximum absolute atomic E-state index is 11.4. The molecule has 1 aromatic heterocycles. The summed E-state index contributed by atoms with van der Waals surface area (Å²) in [5.41, 5.74) is 2.80. The highest BCUT2D eigenvalue weighted by Crippen LogP contribution is 2.32. The van der Waals surface area contributed by atoms with E-state index >= 15 is 0 Å². The Morgan fingerprint density at radius 2 is 1.90 bits per heavy atom. The first kappa shape index (κ1) is 13.7. The Kier molecular flexibility index (Phi) is 3.43. The summed E-state index contributed by atoms with van der Waals surface area (Å²) in [6.07, 6.45) is 0.913. The molecule has 0 aliphatic carbocycles. The van der Waals surface area contributed by atoms with Gasteiger partial charge in [-0.05, 0) is 53.9 Å². The molecule has 0 unspecified atom stereocenters. The Morgan fingerprint density at radius 3 is 2.57 bits per heavy atom. The minimum Gasteiger partial charge on any atom is -0.298 e. The van der Waals surface area contributed by atoms with Crippen LogP contribution < -0.4 is 0 Å². The Labute approximate surface area is 127 Å². The van der Waals surface area contributed by atoms with E-state index in [0.717, 1.165) is 43.5 Å². The molecule has 21 heavy (non-hydrogen) atoms. The van der Waals surface area contributed by atoms with Gasteiger partial charge in [0.15, 0.2) is 12.1 Å². The van der Waals surface area contributed by atoms with Crippen molar-refractivity contribution < 1.29 is 9.59 Å². The molecule has 3 aromatic rings. The molecule has 0 aliphatic heterocycles. The van der Waals surface area contributed by atoms with Gasteiger partial charge in [-0.25, -0.2) is 0 Å². The lowest BCUT2D eigenvalue weighted by molar-refractivity contribution is 0.102. The van der Waals surface area contributed by atoms with E-state index in [-0.39, 0.29) is 5.78 Å². The fourth-order valence-electron chi connectivity index (χ4n) is 2.45. The van der Waals surface area contributed by atoms with Crippen LogP contribution in [0.15, 0.2) is 42.5 Å². The number of ketones is 1. The van der Waals surface area contributed by atoms with E-state index in [2.05, 4.69) is 6.07 Å². The van der Waals surface area contributed by atoms with E-state index in [1.54, 1.807) is 6.92 Å². The third-order valence-electron chi connectivity index (χ3n) is 3.63. The summed E-state index contributed by atoms with van der Waals surface area (Å²) < 4.78 is 0. The normalized spacial score (nSPS) is 10.8. The van der Waals surface area contributed by atoms with Gasteiger partial charge in [0.05, 0.1) is 4.88 Å². The molecule has 2 nitrogen and oxygen atoms in total. The standard InChI is InChI=1S/C18H14O2S/c1-11-3-4-13-9-14(5-6-15(13)16(11)10-19)18-8-7-17(21-18)12(2)20/h3-10H,1-2H3. The van der Waals surface area contributed by atoms with Gasteiger partial charge in [-0.1, -0.05) is 24.3 Å². The van der Waals surface area contributed by atoms with Gasteiger partial charge < -0.3 is 0 Å². The van der Waals surface area contributed by atoms with E-state index < -0.39 is 0 Å². The van der Waals surface area contributed by atoms with Gasteiger partial charge in [0.2, 0.25) is 0 Å². The summed E-state index contributed by atoms with van der Waals surface area (Å²) >= 11 is 1.50. The molecule has 2 aromatic carbocycles. The molecule has 0 bridgehead atoms. The molecule has 0 N–H and O–H groups in total. The number of carbonyl (C=O) groups excluding carboxylic acids is 2. The predicted molar refractivity (Wildman–Crippen MR) is 87.4 cm³/mol. The first-order chi connectivity index (χ1) is 10.1. The van der Waals surface area contributed by atoms with Gasteiger partial charge >= 0.3 is 0 Å². The lowest BCUT2D eigenvalue weighted by Crippen LogP contribution is -1.88. The number of hydrogen-bond donors (Lipinski definition) is 0. The van der Waals surface area contributed by atoms with Crippen LogP contribution in [0, 0.1) is 6.92 Å². The van der Waals surface area contributed by atoms with Gasteiger partial charge in [-0.15, -0.1) is 11.3 Å². The molecule has 0 fully saturated rings. The van der Waals surface area contributed by atoms with Crippen molar-refractivity contribution in [1.29, 1.82) is 0 Å². The van der Waals surface area contributed by atoms with E-state index in [9.17, 15) is 9.59 Å². The molecule has 0 saturated carbocycles. The smallest absolute Gasteiger partial charge is 0.169 e. The third kappa shape index (κ3) is 2.41. The van der Waals surface area contributed by atoms with Crippen molar-refractivity contribution in [2.45, 2.75) is 13.8 Å². The van der Waals surface area contributed by atoms with E-state index in [1.807, 2.05) is 43.3 Å². The van der Waals surface area contributed by atoms with Crippen molar-refractivity contribution in [3.63, 3.8) is 0 Å². The van der Waals surface area contributed by atoms with Gasteiger partial charge in [-0.3, -0.25) is 9.59 Å². The highest BCUT2D eigenvalue weighted by atomic mass is 32.1. The minimum absolute atomic E-state index is 0.0888. The van der Waals surface area contributed by atoms with Gasteiger partial charge in [0.25, 0.3) is 0 Å². The average Bonchev–Trinajstić information content (AvgIpc) is 2.97. The summed E-state index contributed by atoms with van der Waals surface area (Å²) in [5, 5.41) is 2.01. The van der Waals surface area contributed by atoms with Crippen molar-refractivity contribution in [3.05, 3.63) is 58.5 Å². The van der Waals surface area contributed by atoms with Crippen molar-refractivity contribution in [2.24, 2.45) is 0 Å². The Hall–Kier alpha value is -2.26. The summed E-state index contributed by atoms with van der Waals surface area (Å²) in [7, 11) is 0. The number of carbonyl (C=O) groups is 2. The van der Waals surface area contributed by atoms with Crippen LogP contribution in [-0.4, -0.2) is 12.1 Å². The summed E-state index contributed by atoms with van der Waals surface area (Å²) in [4.78, 5) is 24.5. The molecule has 0 amide bonds. The maximum Gasteiger partial charge on any atom is 0.169 e. The van der Waals surface area contributed by atoms with Crippen LogP contribution in [-0.2, 0) is 0 Å². The van der Waals surface area contributed by atoms with E-state index in [1.165, 1.54) is 11.3 Å². The fourth-order valence-corrected chi connectivity index (χ4v) is 3.35. The van der Waals surface area contributed by atoms with Crippen LogP contribution >= 0.6 is 11.3 Å². The molecule has 1 heterocycles. The largest absolute Gasteiger partial charge is 0.298 e. The Balaban J connectivity index is 2.15. The quantitative estimate of drug-likeness (QED) is 0.509. The van der Waals surface area contributed by atoms with Crippen LogP contribution in [0.25, 0.3) is 21.2 Å². The predicted octanol–water partition coefficient (Wildman–Crippen LogP) is 4.89. The molecule has 0 aliphatic rings. The van der Waals surface area contributed by atoms with Crippen LogP contribution in [0.5, 0.6) is 0 Å². The van der Waals surface area contributed by atoms with Crippen molar-refractivity contribution in [2.75, 3.05) is 0 Å². The number of hydrogen-bond acceptors (Lipinski definition) is 3. The average molecular weight is 294 g/mol. The second kappa shape index (κ2) is 5.26. The molecule has 0 atom stereocenters. The van der Waals surface area contributed by atoms with Crippen LogP contribution in [0.3, 0.4) is 0 Å². The fraction of sp³-hybridized carbons (Fsp3) is 0.111. The SMILES string of the molecule is CC(=O)c1ccc(-c2ccc3c(C=O)c(C)ccc3c2)s1. The zero-order valence-electron chi connectivity index (χ0n) is 11.8. The van der Waals surface area contributed by atoms with E-state index in [0.29, 0.717) is 0 Å².